The van der Waals surface area contributed by atoms with Crippen molar-refractivity contribution in [2.75, 3.05) is 25.6 Å². The van der Waals surface area contributed by atoms with Crippen LogP contribution in [0.2, 0.25) is 0 Å². The zero-order valence-electron chi connectivity index (χ0n) is 10.0. The monoisotopic (exact) mass is 271 g/mol. The van der Waals surface area contributed by atoms with E-state index in [4.69, 9.17) is 20.3 Å². The molecule has 0 saturated carbocycles. The Kier molecular flexibility index (Phi) is 4.57. The Hall–Kier alpha value is -1.11. The third-order valence-electron chi connectivity index (χ3n) is 2.64. The van der Waals surface area contributed by atoms with E-state index in [0.717, 1.165) is 0 Å². The van der Waals surface area contributed by atoms with E-state index < -0.39 is 10.8 Å². The van der Waals surface area contributed by atoms with Gasteiger partial charge in [0.1, 0.15) is 13.2 Å². The topological polar surface area (TPSA) is 81.8 Å². The molecule has 100 valence electrons. The van der Waals surface area contributed by atoms with Gasteiger partial charge in [-0.05, 0) is 18.6 Å². The number of rotatable bonds is 5. The summed E-state index contributed by atoms with van der Waals surface area (Å²) in [5, 5.41) is 8.76. The molecule has 1 aliphatic heterocycles. The summed E-state index contributed by atoms with van der Waals surface area (Å²) in [6.45, 7) is 1.06. The van der Waals surface area contributed by atoms with Gasteiger partial charge in [-0.1, -0.05) is 0 Å². The molecule has 2 atom stereocenters. The van der Waals surface area contributed by atoms with Gasteiger partial charge in [-0.3, -0.25) is 4.21 Å². The minimum Gasteiger partial charge on any atom is -0.486 e. The normalized spacial score (nSPS) is 17.2. The molecule has 0 aromatic heterocycles. The van der Waals surface area contributed by atoms with Crippen molar-refractivity contribution in [3.05, 3.63) is 18.2 Å². The maximum atomic E-state index is 12.1. The van der Waals surface area contributed by atoms with Crippen LogP contribution in [0.3, 0.4) is 0 Å². The zero-order valence-corrected chi connectivity index (χ0v) is 10.8. The summed E-state index contributed by atoms with van der Waals surface area (Å²) in [6, 6.07) is 4.99. The van der Waals surface area contributed by atoms with Gasteiger partial charge in [-0.2, -0.15) is 0 Å². The first-order chi connectivity index (χ1) is 8.70. The number of aliphatic hydroxyl groups excluding tert-OH is 1. The first kappa shape index (κ1) is 13.3. The van der Waals surface area contributed by atoms with Crippen molar-refractivity contribution in [2.45, 2.75) is 17.4 Å². The van der Waals surface area contributed by atoms with Crippen LogP contribution in [0.1, 0.15) is 6.42 Å². The minimum atomic E-state index is -1.18. The number of ether oxygens (including phenoxy) is 2. The predicted octanol–water partition coefficient (Wildman–Crippen LogP) is 0.275. The molecular formula is C12H17NO4S. The van der Waals surface area contributed by atoms with Crippen LogP contribution in [0.4, 0.5) is 0 Å². The molecule has 1 heterocycles. The highest BCUT2D eigenvalue weighted by molar-refractivity contribution is 7.85. The lowest BCUT2D eigenvalue weighted by Gasteiger charge is -2.19. The van der Waals surface area contributed by atoms with E-state index in [9.17, 15) is 4.21 Å². The summed E-state index contributed by atoms with van der Waals surface area (Å²) < 4.78 is 22.9. The van der Waals surface area contributed by atoms with Crippen molar-refractivity contribution >= 4 is 10.8 Å². The molecule has 6 heteroatoms. The van der Waals surface area contributed by atoms with E-state index in [1.165, 1.54) is 0 Å². The van der Waals surface area contributed by atoms with E-state index in [-0.39, 0.29) is 12.6 Å². The molecule has 0 amide bonds. The van der Waals surface area contributed by atoms with Gasteiger partial charge >= 0.3 is 0 Å². The van der Waals surface area contributed by atoms with Crippen molar-refractivity contribution in [1.82, 2.24) is 0 Å². The average Bonchev–Trinajstić information content (AvgIpc) is 2.38. The van der Waals surface area contributed by atoms with Crippen LogP contribution in [-0.2, 0) is 10.8 Å². The molecule has 3 N–H and O–H groups in total. The van der Waals surface area contributed by atoms with Gasteiger partial charge in [0.15, 0.2) is 11.5 Å². The number of hydrogen-bond donors (Lipinski definition) is 2. The van der Waals surface area contributed by atoms with Crippen LogP contribution in [-0.4, -0.2) is 40.9 Å². The number of nitrogens with two attached hydrogens (primary N) is 1. The van der Waals surface area contributed by atoms with Crippen molar-refractivity contribution in [1.29, 1.82) is 0 Å². The van der Waals surface area contributed by atoms with E-state index >= 15 is 0 Å². The van der Waals surface area contributed by atoms with Crippen LogP contribution in [0, 0.1) is 0 Å². The summed E-state index contributed by atoms with van der Waals surface area (Å²) in [5.74, 6) is 1.64. The van der Waals surface area contributed by atoms with E-state index in [0.29, 0.717) is 41.8 Å². The SMILES string of the molecule is NC(CCO)CS(=O)c1ccc2c(c1)OCCO2. The summed E-state index contributed by atoms with van der Waals surface area (Å²) in [4.78, 5) is 0.674. The molecule has 2 unspecified atom stereocenters. The largest absolute Gasteiger partial charge is 0.486 e. The minimum absolute atomic E-state index is 0.0134. The number of hydrogen-bond acceptors (Lipinski definition) is 5. The van der Waals surface area contributed by atoms with Gasteiger partial charge in [0, 0.05) is 29.4 Å². The van der Waals surface area contributed by atoms with Crippen molar-refractivity contribution in [3.8, 4) is 11.5 Å². The van der Waals surface area contributed by atoms with Crippen LogP contribution in [0.5, 0.6) is 11.5 Å². The second-order valence-electron chi connectivity index (χ2n) is 4.09. The second kappa shape index (κ2) is 6.17. The summed E-state index contributed by atoms with van der Waals surface area (Å²) in [5.41, 5.74) is 5.75. The van der Waals surface area contributed by atoms with Gasteiger partial charge in [0.25, 0.3) is 0 Å². The third-order valence-corrected chi connectivity index (χ3v) is 4.15. The van der Waals surface area contributed by atoms with E-state index in [2.05, 4.69) is 0 Å². The van der Waals surface area contributed by atoms with Gasteiger partial charge in [0.05, 0.1) is 10.8 Å². The fraction of sp³-hybridized carbons (Fsp3) is 0.500. The Labute approximate surface area is 108 Å². The Morgan fingerprint density at radius 3 is 2.78 bits per heavy atom. The molecule has 0 fully saturated rings. The van der Waals surface area contributed by atoms with Crippen LogP contribution >= 0.6 is 0 Å². The lowest BCUT2D eigenvalue weighted by Crippen LogP contribution is -2.28. The fourth-order valence-electron chi connectivity index (χ4n) is 1.71. The lowest BCUT2D eigenvalue weighted by molar-refractivity contribution is 0.171. The molecule has 2 rings (SSSR count). The molecule has 1 aromatic carbocycles. The second-order valence-corrected chi connectivity index (χ2v) is 5.59. The average molecular weight is 271 g/mol. The number of aliphatic hydroxyl groups is 1. The molecule has 0 saturated heterocycles. The number of fused-ring (bicyclic) bond motifs is 1. The van der Waals surface area contributed by atoms with Gasteiger partial charge in [-0.25, -0.2) is 0 Å². The smallest absolute Gasteiger partial charge is 0.162 e. The Bertz CT molecular complexity index is 438. The molecule has 18 heavy (non-hydrogen) atoms. The Morgan fingerprint density at radius 1 is 1.33 bits per heavy atom. The standard InChI is InChI=1S/C12H17NO4S/c13-9(3-4-14)8-18(15)10-1-2-11-12(7-10)17-6-5-16-11/h1-2,7,9,14H,3-6,8,13H2. The summed E-state index contributed by atoms with van der Waals surface area (Å²) in [7, 11) is -1.18. The molecule has 0 aliphatic carbocycles. The fourth-order valence-corrected chi connectivity index (χ4v) is 2.91. The lowest BCUT2D eigenvalue weighted by atomic mass is 10.3. The Balaban J connectivity index is 2.06. The highest BCUT2D eigenvalue weighted by Gasteiger charge is 2.15. The highest BCUT2D eigenvalue weighted by atomic mass is 32.2. The van der Waals surface area contributed by atoms with Gasteiger partial charge in [-0.15, -0.1) is 0 Å². The first-order valence-electron chi connectivity index (χ1n) is 5.85. The van der Waals surface area contributed by atoms with Gasteiger partial charge < -0.3 is 20.3 Å². The van der Waals surface area contributed by atoms with E-state index in [1.54, 1.807) is 18.2 Å². The first-order valence-corrected chi connectivity index (χ1v) is 7.17. The van der Waals surface area contributed by atoms with Crippen molar-refractivity contribution < 1.29 is 18.8 Å². The number of benzene rings is 1. The molecule has 1 aromatic rings. The molecule has 5 nitrogen and oxygen atoms in total. The zero-order chi connectivity index (χ0) is 13.0. The van der Waals surface area contributed by atoms with Crippen LogP contribution < -0.4 is 15.2 Å². The maximum absolute atomic E-state index is 12.1. The van der Waals surface area contributed by atoms with Gasteiger partial charge in [0.2, 0.25) is 0 Å². The molecule has 0 spiro atoms. The molecule has 1 aliphatic rings. The van der Waals surface area contributed by atoms with E-state index in [1.807, 2.05) is 0 Å². The Morgan fingerprint density at radius 2 is 2.06 bits per heavy atom. The quantitative estimate of drug-likeness (QED) is 0.803. The predicted molar refractivity (Wildman–Crippen MR) is 68.4 cm³/mol. The molecular weight excluding hydrogens is 254 g/mol. The van der Waals surface area contributed by atoms with Crippen molar-refractivity contribution in [3.63, 3.8) is 0 Å². The van der Waals surface area contributed by atoms with Crippen LogP contribution in [0.15, 0.2) is 23.1 Å². The van der Waals surface area contributed by atoms with Crippen LogP contribution in [0.25, 0.3) is 0 Å². The summed E-state index contributed by atoms with van der Waals surface area (Å²) in [6.07, 6.45) is 0.455. The highest BCUT2D eigenvalue weighted by Crippen LogP contribution is 2.31. The maximum Gasteiger partial charge on any atom is 0.162 e. The molecule has 0 bridgehead atoms. The molecule has 0 radical (unpaired) electrons. The third kappa shape index (κ3) is 3.22. The summed E-state index contributed by atoms with van der Waals surface area (Å²) >= 11 is 0. The van der Waals surface area contributed by atoms with Crippen molar-refractivity contribution in [2.24, 2.45) is 5.73 Å².